The first-order valence-electron chi connectivity index (χ1n) is 4.77. The van der Waals surface area contributed by atoms with Gasteiger partial charge in [-0.15, -0.1) is 0 Å². The molecular formula is C10H13N5. The summed E-state index contributed by atoms with van der Waals surface area (Å²) in [7, 11) is 0. The maximum atomic E-state index is 5.59. The fourth-order valence-electron chi connectivity index (χ4n) is 1.43. The van der Waals surface area contributed by atoms with E-state index in [0.717, 1.165) is 17.2 Å². The predicted octanol–water partition coefficient (Wildman–Crippen LogP) is 0.489. The highest BCUT2D eigenvalue weighted by Crippen LogP contribution is 2.03. The van der Waals surface area contributed by atoms with Gasteiger partial charge in [-0.2, -0.15) is 0 Å². The van der Waals surface area contributed by atoms with Crippen LogP contribution in [-0.2, 0) is 13.1 Å². The molecule has 2 rings (SSSR count). The van der Waals surface area contributed by atoms with Crippen LogP contribution in [-0.4, -0.2) is 19.5 Å². The highest BCUT2D eigenvalue weighted by molar-refractivity contribution is 5.06. The zero-order chi connectivity index (χ0) is 10.7. The Bertz CT molecular complexity index is 449. The number of nitrogens with two attached hydrogens (primary N) is 1. The highest BCUT2D eigenvalue weighted by Gasteiger charge is 2.02. The topological polar surface area (TPSA) is 69.6 Å². The molecule has 0 spiro atoms. The molecule has 0 aromatic carbocycles. The molecule has 0 radical (unpaired) electrons. The Kier molecular flexibility index (Phi) is 2.73. The van der Waals surface area contributed by atoms with Gasteiger partial charge in [-0.25, -0.2) is 15.0 Å². The van der Waals surface area contributed by atoms with Crippen molar-refractivity contribution in [3.05, 3.63) is 42.0 Å². The van der Waals surface area contributed by atoms with Gasteiger partial charge >= 0.3 is 0 Å². The van der Waals surface area contributed by atoms with Crippen LogP contribution in [0.4, 0.5) is 0 Å². The molecule has 0 atom stereocenters. The third-order valence-electron chi connectivity index (χ3n) is 2.17. The Labute approximate surface area is 88.0 Å². The molecule has 78 valence electrons. The quantitative estimate of drug-likeness (QED) is 0.788. The standard InChI is InChI=1S/C10H13N5/c1-8-13-3-2-9(14-8)6-15-7-12-5-10(15)4-11/h2-3,5,7H,4,6,11H2,1H3. The van der Waals surface area contributed by atoms with Crippen molar-refractivity contribution < 1.29 is 0 Å². The molecule has 0 aliphatic carbocycles. The van der Waals surface area contributed by atoms with E-state index in [2.05, 4.69) is 15.0 Å². The lowest BCUT2D eigenvalue weighted by Crippen LogP contribution is -2.08. The van der Waals surface area contributed by atoms with Gasteiger partial charge in [0.05, 0.1) is 24.3 Å². The molecule has 5 nitrogen and oxygen atoms in total. The summed E-state index contributed by atoms with van der Waals surface area (Å²) in [6.07, 6.45) is 5.30. The van der Waals surface area contributed by atoms with Gasteiger partial charge in [0.15, 0.2) is 0 Å². The van der Waals surface area contributed by atoms with Crippen molar-refractivity contribution in [1.29, 1.82) is 0 Å². The van der Waals surface area contributed by atoms with Gasteiger partial charge in [0.1, 0.15) is 5.82 Å². The van der Waals surface area contributed by atoms with Crippen LogP contribution in [0.3, 0.4) is 0 Å². The SMILES string of the molecule is Cc1nccc(Cn2cncc2CN)n1. The molecule has 0 saturated heterocycles. The smallest absolute Gasteiger partial charge is 0.125 e. The van der Waals surface area contributed by atoms with Gasteiger partial charge in [-0.05, 0) is 13.0 Å². The van der Waals surface area contributed by atoms with Crippen LogP contribution in [0, 0.1) is 6.92 Å². The van der Waals surface area contributed by atoms with Crippen molar-refractivity contribution in [2.24, 2.45) is 5.73 Å². The average Bonchev–Trinajstić information content (AvgIpc) is 2.65. The van der Waals surface area contributed by atoms with Crippen LogP contribution in [0.25, 0.3) is 0 Å². The van der Waals surface area contributed by atoms with Gasteiger partial charge in [0, 0.05) is 18.9 Å². The number of aromatic nitrogens is 4. The minimum atomic E-state index is 0.490. The summed E-state index contributed by atoms with van der Waals surface area (Å²) < 4.78 is 1.99. The first-order chi connectivity index (χ1) is 7.29. The molecule has 2 aromatic heterocycles. The molecule has 2 heterocycles. The van der Waals surface area contributed by atoms with Crippen LogP contribution < -0.4 is 5.73 Å². The van der Waals surface area contributed by atoms with E-state index in [-0.39, 0.29) is 0 Å². The van der Waals surface area contributed by atoms with Crippen LogP contribution in [0.2, 0.25) is 0 Å². The fourth-order valence-corrected chi connectivity index (χ4v) is 1.43. The Morgan fingerprint density at radius 1 is 1.47 bits per heavy atom. The summed E-state index contributed by atoms with van der Waals surface area (Å²) in [4.78, 5) is 12.4. The molecule has 0 aliphatic heterocycles. The Morgan fingerprint density at radius 3 is 3.07 bits per heavy atom. The van der Waals surface area contributed by atoms with Crippen LogP contribution in [0.5, 0.6) is 0 Å². The van der Waals surface area contributed by atoms with Crippen LogP contribution >= 0.6 is 0 Å². The maximum Gasteiger partial charge on any atom is 0.125 e. The van der Waals surface area contributed by atoms with Gasteiger partial charge in [-0.3, -0.25) is 0 Å². The zero-order valence-electron chi connectivity index (χ0n) is 8.59. The van der Waals surface area contributed by atoms with E-state index in [1.165, 1.54) is 0 Å². The lowest BCUT2D eigenvalue weighted by molar-refractivity contribution is 0.717. The van der Waals surface area contributed by atoms with E-state index in [0.29, 0.717) is 13.1 Å². The first-order valence-corrected chi connectivity index (χ1v) is 4.77. The third-order valence-corrected chi connectivity index (χ3v) is 2.17. The molecule has 0 amide bonds. The summed E-state index contributed by atoms with van der Waals surface area (Å²) in [5.74, 6) is 0.780. The predicted molar refractivity (Wildman–Crippen MR) is 56.0 cm³/mol. The minimum absolute atomic E-state index is 0.490. The van der Waals surface area contributed by atoms with E-state index in [4.69, 9.17) is 5.73 Å². The van der Waals surface area contributed by atoms with Crippen LogP contribution in [0.1, 0.15) is 17.2 Å². The summed E-state index contributed by atoms with van der Waals surface area (Å²) in [6, 6.07) is 1.90. The second kappa shape index (κ2) is 4.18. The second-order valence-electron chi connectivity index (χ2n) is 3.31. The van der Waals surface area contributed by atoms with Crippen molar-refractivity contribution in [3.8, 4) is 0 Å². The largest absolute Gasteiger partial charge is 0.327 e. The number of imidazole rings is 1. The Hall–Kier alpha value is -1.75. The minimum Gasteiger partial charge on any atom is -0.327 e. The average molecular weight is 203 g/mol. The van der Waals surface area contributed by atoms with Crippen molar-refractivity contribution in [2.75, 3.05) is 0 Å². The molecule has 0 bridgehead atoms. The van der Waals surface area contributed by atoms with Gasteiger partial charge in [0.25, 0.3) is 0 Å². The van der Waals surface area contributed by atoms with E-state index in [1.807, 2.05) is 17.6 Å². The second-order valence-corrected chi connectivity index (χ2v) is 3.31. The highest BCUT2D eigenvalue weighted by atomic mass is 15.1. The molecule has 2 aromatic rings. The number of aryl methyl sites for hydroxylation is 1. The van der Waals surface area contributed by atoms with E-state index >= 15 is 0 Å². The summed E-state index contributed by atoms with van der Waals surface area (Å²) in [5.41, 5.74) is 7.56. The lowest BCUT2D eigenvalue weighted by atomic mass is 10.3. The van der Waals surface area contributed by atoms with Crippen molar-refractivity contribution in [1.82, 2.24) is 19.5 Å². The molecule has 0 saturated carbocycles. The number of rotatable bonds is 3. The number of hydrogen-bond acceptors (Lipinski definition) is 4. The Balaban J connectivity index is 2.22. The number of hydrogen-bond donors (Lipinski definition) is 1. The van der Waals surface area contributed by atoms with E-state index in [1.54, 1.807) is 18.7 Å². The van der Waals surface area contributed by atoms with Crippen molar-refractivity contribution >= 4 is 0 Å². The van der Waals surface area contributed by atoms with Gasteiger partial charge in [0.2, 0.25) is 0 Å². The van der Waals surface area contributed by atoms with Crippen molar-refractivity contribution in [2.45, 2.75) is 20.0 Å². The molecule has 0 fully saturated rings. The van der Waals surface area contributed by atoms with Gasteiger partial charge in [-0.1, -0.05) is 0 Å². The maximum absolute atomic E-state index is 5.59. The summed E-state index contributed by atoms with van der Waals surface area (Å²) in [6.45, 7) is 3.06. The first kappa shape index (κ1) is 9.79. The monoisotopic (exact) mass is 203 g/mol. The molecule has 2 N–H and O–H groups in total. The molecule has 5 heteroatoms. The number of nitrogens with zero attached hydrogens (tertiary/aromatic N) is 4. The fraction of sp³-hybridized carbons (Fsp3) is 0.300. The zero-order valence-corrected chi connectivity index (χ0v) is 8.59. The van der Waals surface area contributed by atoms with E-state index < -0.39 is 0 Å². The third kappa shape index (κ3) is 2.19. The summed E-state index contributed by atoms with van der Waals surface area (Å²) in [5, 5.41) is 0. The lowest BCUT2D eigenvalue weighted by Gasteiger charge is -2.05. The van der Waals surface area contributed by atoms with Gasteiger partial charge < -0.3 is 10.3 Å². The molecule has 15 heavy (non-hydrogen) atoms. The summed E-state index contributed by atoms with van der Waals surface area (Å²) >= 11 is 0. The normalized spacial score (nSPS) is 10.5. The van der Waals surface area contributed by atoms with Crippen LogP contribution in [0.15, 0.2) is 24.8 Å². The molecule has 0 unspecified atom stereocenters. The van der Waals surface area contributed by atoms with E-state index in [9.17, 15) is 0 Å². The molecular weight excluding hydrogens is 190 g/mol. The molecule has 0 aliphatic rings. The Morgan fingerprint density at radius 2 is 2.33 bits per heavy atom. The van der Waals surface area contributed by atoms with Crippen molar-refractivity contribution in [3.63, 3.8) is 0 Å².